The van der Waals surface area contributed by atoms with Crippen molar-refractivity contribution in [3.8, 4) is 0 Å². The number of anilines is 3. The van der Waals surface area contributed by atoms with Gasteiger partial charge in [0.2, 0.25) is 0 Å². The topological polar surface area (TPSA) is 50.9 Å². The SMILES string of the molecule is Nc1cncc(Nc2c(Cl)cccc2Cl)c1. The van der Waals surface area contributed by atoms with Crippen LogP contribution in [0.2, 0.25) is 10.0 Å². The first-order chi connectivity index (χ1) is 7.66. The van der Waals surface area contributed by atoms with Crippen molar-refractivity contribution in [3.05, 3.63) is 46.7 Å². The van der Waals surface area contributed by atoms with E-state index in [4.69, 9.17) is 28.9 Å². The summed E-state index contributed by atoms with van der Waals surface area (Å²) < 4.78 is 0. The van der Waals surface area contributed by atoms with Crippen molar-refractivity contribution in [2.24, 2.45) is 0 Å². The van der Waals surface area contributed by atoms with Crippen molar-refractivity contribution >= 4 is 40.3 Å². The molecule has 0 unspecified atom stereocenters. The van der Waals surface area contributed by atoms with Gasteiger partial charge in [0.05, 0.1) is 33.3 Å². The number of aromatic nitrogens is 1. The number of benzene rings is 1. The third kappa shape index (κ3) is 2.38. The Kier molecular flexibility index (Phi) is 3.17. The number of para-hydroxylation sites is 1. The molecule has 0 saturated heterocycles. The molecular weight excluding hydrogens is 245 g/mol. The van der Waals surface area contributed by atoms with E-state index in [1.165, 1.54) is 0 Å². The Labute approximate surface area is 103 Å². The molecule has 2 aromatic rings. The summed E-state index contributed by atoms with van der Waals surface area (Å²) in [6, 6.07) is 7.06. The summed E-state index contributed by atoms with van der Waals surface area (Å²) in [6.45, 7) is 0. The normalized spacial score (nSPS) is 10.1. The average molecular weight is 254 g/mol. The fourth-order valence-electron chi connectivity index (χ4n) is 1.29. The molecule has 0 atom stereocenters. The molecule has 0 radical (unpaired) electrons. The Bertz CT molecular complexity index is 494. The third-order valence-electron chi connectivity index (χ3n) is 1.99. The van der Waals surface area contributed by atoms with E-state index in [0.29, 0.717) is 21.4 Å². The molecule has 0 fully saturated rings. The van der Waals surface area contributed by atoms with E-state index in [0.717, 1.165) is 5.69 Å². The minimum atomic E-state index is 0.551. The molecule has 0 amide bonds. The van der Waals surface area contributed by atoms with Gasteiger partial charge in [0.15, 0.2) is 0 Å². The standard InChI is InChI=1S/C11H9Cl2N3/c12-9-2-1-3-10(13)11(9)16-8-4-7(14)5-15-6-8/h1-6,16H,14H2. The van der Waals surface area contributed by atoms with Crippen LogP contribution < -0.4 is 11.1 Å². The van der Waals surface area contributed by atoms with E-state index in [-0.39, 0.29) is 0 Å². The lowest BCUT2D eigenvalue weighted by Crippen LogP contribution is -1.95. The largest absolute Gasteiger partial charge is 0.397 e. The van der Waals surface area contributed by atoms with Crippen molar-refractivity contribution in [1.29, 1.82) is 0 Å². The van der Waals surface area contributed by atoms with E-state index in [1.807, 2.05) is 0 Å². The minimum absolute atomic E-state index is 0.551. The summed E-state index contributed by atoms with van der Waals surface area (Å²) >= 11 is 12.0. The summed E-state index contributed by atoms with van der Waals surface area (Å²) in [7, 11) is 0. The fraction of sp³-hybridized carbons (Fsp3) is 0. The zero-order valence-electron chi connectivity index (χ0n) is 8.24. The number of halogens is 2. The van der Waals surface area contributed by atoms with Crippen molar-refractivity contribution < 1.29 is 0 Å². The summed E-state index contributed by atoms with van der Waals surface area (Å²) in [5, 5.41) is 4.18. The number of rotatable bonds is 2. The van der Waals surface area contributed by atoms with Gasteiger partial charge in [0.1, 0.15) is 0 Å². The second kappa shape index (κ2) is 4.60. The van der Waals surface area contributed by atoms with Crippen LogP contribution in [0.3, 0.4) is 0 Å². The Morgan fingerprint density at radius 2 is 1.81 bits per heavy atom. The molecule has 1 aromatic heterocycles. The molecule has 1 heterocycles. The van der Waals surface area contributed by atoms with Gasteiger partial charge in [0, 0.05) is 6.20 Å². The number of nitrogens with zero attached hydrogens (tertiary/aromatic N) is 1. The number of nitrogens with one attached hydrogen (secondary N) is 1. The van der Waals surface area contributed by atoms with Gasteiger partial charge in [-0.2, -0.15) is 0 Å². The average Bonchev–Trinajstić information content (AvgIpc) is 2.24. The van der Waals surface area contributed by atoms with E-state index < -0.39 is 0 Å². The Morgan fingerprint density at radius 3 is 2.44 bits per heavy atom. The molecule has 2 rings (SSSR count). The lowest BCUT2D eigenvalue weighted by atomic mass is 10.3. The quantitative estimate of drug-likeness (QED) is 0.858. The van der Waals surface area contributed by atoms with Crippen LogP contribution >= 0.6 is 23.2 Å². The van der Waals surface area contributed by atoms with Crippen LogP contribution in [0.5, 0.6) is 0 Å². The van der Waals surface area contributed by atoms with Crippen molar-refractivity contribution in [3.63, 3.8) is 0 Å². The van der Waals surface area contributed by atoms with E-state index in [1.54, 1.807) is 36.7 Å². The van der Waals surface area contributed by atoms with Crippen LogP contribution in [0.4, 0.5) is 17.1 Å². The monoisotopic (exact) mass is 253 g/mol. The molecule has 0 aliphatic carbocycles. The summed E-state index contributed by atoms with van der Waals surface area (Å²) in [5.74, 6) is 0. The van der Waals surface area contributed by atoms with Crippen LogP contribution in [0, 0.1) is 0 Å². The number of nitrogen functional groups attached to an aromatic ring is 1. The smallest absolute Gasteiger partial charge is 0.0763 e. The van der Waals surface area contributed by atoms with Crippen molar-refractivity contribution in [2.45, 2.75) is 0 Å². The first-order valence-corrected chi connectivity index (χ1v) is 5.34. The number of nitrogens with two attached hydrogens (primary N) is 1. The highest BCUT2D eigenvalue weighted by Crippen LogP contribution is 2.32. The maximum Gasteiger partial charge on any atom is 0.0763 e. The maximum absolute atomic E-state index is 6.02. The van der Waals surface area contributed by atoms with Gasteiger partial charge in [-0.15, -0.1) is 0 Å². The highest BCUT2D eigenvalue weighted by Gasteiger charge is 2.05. The lowest BCUT2D eigenvalue weighted by Gasteiger charge is -2.10. The van der Waals surface area contributed by atoms with E-state index in [9.17, 15) is 0 Å². The molecule has 0 aliphatic rings. The van der Waals surface area contributed by atoms with Crippen LogP contribution in [0.15, 0.2) is 36.7 Å². The first kappa shape index (κ1) is 11.0. The van der Waals surface area contributed by atoms with Crippen LogP contribution in [-0.4, -0.2) is 4.98 Å². The summed E-state index contributed by atoms with van der Waals surface area (Å²) in [6.07, 6.45) is 3.22. The predicted molar refractivity (Wildman–Crippen MR) is 68.4 cm³/mol. The Hall–Kier alpha value is -1.45. The molecule has 0 spiro atoms. The van der Waals surface area contributed by atoms with Crippen LogP contribution in [0.25, 0.3) is 0 Å². The highest BCUT2D eigenvalue weighted by atomic mass is 35.5. The van der Waals surface area contributed by atoms with Crippen molar-refractivity contribution in [1.82, 2.24) is 4.98 Å². The van der Waals surface area contributed by atoms with Gasteiger partial charge in [-0.05, 0) is 18.2 Å². The van der Waals surface area contributed by atoms with Gasteiger partial charge in [-0.1, -0.05) is 29.3 Å². The zero-order valence-corrected chi connectivity index (χ0v) is 9.76. The van der Waals surface area contributed by atoms with Crippen LogP contribution in [-0.2, 0) is 0 Å². The molecule has 16 heavy (non-hydrogen) atoms. The summed E-state index contributed by atoms with van der Waals surface area (Å²) in [4.78, 5) is 3.97. The van der Waals surface area contributed by atoms with Gasteiger partial charge < -0.3 is 11.1 Å². The predicted octanol–water partition coefficient (Wildman–Crippen LogP) is 3.71. The zero-order chi connectivity index (χ0) is 11.5. The number of hydrogen-bond acceptors (Lipinski definition) is 3. The van der Waals surface area contributed by atoms with Crippen LogP contribution in [0.1, 0.15) is 0 Å². The summed E-state index contributed by atoms with van der Waals surface area (Å²) in [5.41, 5.74) is 7.59. The molecule has 0 bridgehead atoms. The van der Waals surface area contributed by atoms with Gasteiger partial charge in [-0.25, -0.2) is 0 Å². The Morgan fingerprint density at radius 1 is 1.12 bits per heavy atom. The van der Waals surface area contributed by atoms with Crippen molar-refractivity contribution in [2.75, 3.05) is 11.1 Å². The number of pyridine rings is 1. The lowest BCUT2D eigenvalue weighted by molar-refractivity contribution is 1.32. The maximum atomic E-state index is 6.02. The van der Waals surface area contributed by atoms with Gasteiger partial charge >= 0.3 is 0 Å². The molecule has 5 heteroatoms. The molecule has 3 nitrogen and oxygen atoms in total. The van der Waals surface area contributed by atoms with Gasteiger partial charge in [-0.3, -0.25) is 4.98 Å². The van der Waals surface area contributed by atoms with E-state index >= 15 is 0 Å². The molecular formula is C11H9Cl2N3. The number of hydrogen-bond donors (Lipinski definition) is 2. The minimum Gasteiger partial charge on any atom is -0.397 e. The first-order valence-electron chi connectivity index (χ1n) is 4.58. The molecule has 3 N–H and O–H groups in total. The highest BCUT2D eigenvalue weighted by molar-refractivity contribution is 6.39. The van der Waals surface area contributed by atoms with E-state index in [2.05, 4.69) is 10.3 Å². The Balaban J connectivity index is 2.34. The molecule has 1 aromatic carbocycles. The second-order valence-corrected chi connectivity index (χ2v) is 4.04. The molecule has 0 saturated carbocycles. The molecule has 0 aliphatic heterocycles. The second-order valence-electron chi connectivity index (χ2n) is 3.23. The van der Waals surface area contributed by atoms with Gasteiger partial charge in [0.25, 0.3) is 0 Å². The third-order valence-corrected chi connectivity index (χ3v) is 2.62. The fourth-order valence-corrected chi connectivity index (χ4v) is 1.78. The molecule has 82 valence electrons.